The van der Waals surface area contributed by atoms with Crippen LogP contribution in [-0.4, -0.2) is 60.2 Å². The lowest BCUT2D eigenvalue weighted by molar-refractivity contribution is -0.125. The number of methoxy groups -OCH3 is 1. The Bertz CT molecular complexity index is 903. The first-order valence-electron chi connectivity index (χ1n) is 10.4. The van der Waals surface area contributed by atoms with Gasteiger partial charge >= 0.3 is 6.03 Å². The quantitative estimate of drug-likeness (QED) is 0.419. The maximum Gasteiger partial charge on any atom is 0.319 e. The molecule has 0 radical (unpaired) electrons. The predicted molar refractivity (Wildman–Crippen MR) is 118 cm³/mol. The topological polar surface area (TPSA) is 129 Å². The number of aryl methyl sites for hydroxylation is 1. The zero-order chi connectivity index (χ0) is 23.1. The summed E-state index contributed by atoms with van der Waals surface area (Å²) in [6.07, 6.45) is -4.25. The second kappa shape index (κ2) is 10.9. The number of anilines is 1. The van der Waals surface area contributed by atoms with Crippen molar-refractivity contribution in [2.24, 2.45) is 0 Å². The van der Waals surface area contributed by atoms with Crippen molar-refractivity contribution in [3.63, 3.8) is 0 Å². The van der Waals surface area contributed by atoms with Crippen LogP contribution in [0, 0.1) is 6.92 Å². The van der Waals surface area contributed by atoms with E-state index in [1.54, 1.807) is 31.4 Å². The molecule has 0 aromatic heterocycles. The molecular formula is C23H29N3O6. The summed E-state index contributed by atoms with van der Waals surface area (Å²) >= 11 is 0. The lowest BCUT2D eigenvalue weighted by Crippen LogP contribution is -2.41. The minimum Gasteiger partial charge on any atom is -0.497 e. The van der Waals surface area contributed by atoms with Crippen LogP contribution >= 0.6 is 0 Å². The van der Waals surface area contributed by atoms with E-state index in [4.69, 9.17) is 9.47 Å². The molecule has 3 amide bonds. The van der Waals surface area contributed by atoms with Gasteiger partial charge in [0.2, 0.25) is 5.91 Å². The highest BCUT2D eigenvalue weighted by Crippen LogP contribution is 2.23. The first-order chi connectivity index (χ1) is 15.4. The maximum atomic E-state index is 12.3. The molecule has 172 valence electrons. The average molecular weight is 444 g/mol. The number of hydrogen-bond donors (Lipinski definition) is 5. The van der Waals surface area contributed by atoms with Gasteiger partial charge in [-0.25, -0.2) is 4.79 Å². The first-order valence-corrected chi connectivity index (χ1v) is 10.4. The summed E-state index contributed by atoms with van der Waals surface area (Å²) in [7, 11) is 1.58. The lowest BCUT2D eigenvalue weighted by atomic mass is 10.1. The van der Waals surface area contributed by atoms with E-state index in [0.717, 1.165) is 16.9 Å². The summed E-state index contributed by atoms with van der Waals surface area (Å²) in [5, 5.41) is 28.5. The van der Waals surface area contributed by atoms with Crippen molar-refractivity contribution in [1.82, 2.24) is 10.6 Å². The number of ether oxygens (including phenoxy) is 2. The zero-order valence-electron chi connectivity index (χ0n) is 18.1. The van der Waals surface area contributed by atoms with Gasteiger partial charge in [0.15, 0.2) is 0 Å². The van der Waals surface area contributed by atoms with E-state index in [1.807, 2.05) is 31.2 Å². The van der Waals surface area contributed by atoms with E-state index >= 15 is 0 Å². The number of urea groups is 1. The molecule has 1 heterocycles. The molecule has 9 heteroatoms. The Balaban J connectivity index is 1.42. The molecule has 0 bridgehead atoms. The molecule has 2 aromatic rings. The van der Waals surface area contributed by atoms with Gasteiger partial charge in [-0.1, -0.05) is 29.8 Å². The summed E-state index contributed by atoms with van der Waals surface area (Å²) in [4.78, 5) is 24.3. The number of carbonyl (C=O) groups is 2. The molecule has 0 spiro atoms. The molecule has 3 rings (SSSR count). The highest BCUT2D eigenvalue weighted by Gasteiger charge is 2.43. The smallest absolute Gasteiger partial charge is 0.319 e. The van der Waals surface area contributed by atoms with Crippen LogP contribution in [-0.2, 0) is 16.1 Å². The van der Waals surface area contributed by atoms with Crippen molar-refractivity contribution < 1.29 is 29.3 Å². The van der Waals surface area contributed by atoms with Crippen molar-refractivity contribution >= 4 is 17.6 Å². The van der Waals surface area contributed by atoms with Gasteiger partial charge in [-0.2, -0.15) is 0 Å². The van der Waals surface area contributed by atoms with Crippen LogP contribution in [0.3, 0.4) is 0 Å². The fourth-order valence-electron chi connectivity index (χ4n) is 3.37. The third kappa shape index (κ3) is 6.43. The highest BCUT2D eigenvalue weighted by atomic mass is 16.5. The number of nitrogens with one attached hydrogen (secondary N) is 3. The van der Waals surface area contributed by atoms with Gasteiger partial charge in [0, 0.05) is 18.8 Å². The molecule has 9 nitrogen and oxygen atoms in total. The Morgan fingerprint density at radius 1 is 0.969 bits per heavy atom. The molecular weight excluding hydrogens is 414 g/mol. The third-order valence-electron chi connectivity index (χ3n) is 5.27. The molecule has 1 aliphatic heterocycles. The molecule has 5 N–H and O–H groups in total. The summed E-state index contributed by atoms with van der Waals surface area (Å²) < 4.78 is 10.7. The summed E-state index contributed by atoms with van der Waals surface area (Å²) in [5.74, 6) is 0.409. The number of aliphatic hydroxyl groups excluding tert-OH is 2. The van der Waals surface area contributed by atoms with Gasteiger partial charge in [-0.3, -0.25) is 4.79 Å². The molecule has 1 saturated heterocycles. The second-order valence-corrected chi connectivity index (χ2v) is 7.72. The minimum absolute atomic E-state index is 0.0140. The van der Waals surface area contributed by atoms with Gasteiger partial charge in [0.1, 0.15) is 24.1 Å². The fraction of sp³-hybridized carbons (Fsp3) is 0.391. The SMILES string of the molecule is COc1ccc(CNC(=O)C[C@@H]2O[C@H](CNC(=O)Nc3ccc(C)cc3)[C@@H](O)[C@H]2O)cc1. The van der Waals surface area contributed by atoms with Gasteiger partial charge < -0.3 is 35.6 Å². The van der Waals surface area contributed by atoms with E-state index in [9.17, 15) is 19.8 Å². The van der Waals surface area contributed by atoms with E-state index in [0.29, 0.717) is 12.2 Å². The largest absolute Gasteiger partial charge is 0.497 e. The molecule has 4 atom stereocenters. The molecule has 1 fully saturated rings. The number of carbonyl (C=O) groups excluding carboxylic acids is 2. The Morgan fingerprint density at radius 3 is 2.28 bits per heavy atom. The van der Waals surface area contributed by atoms with Crippen LogP contribution in [0.4, 0.5) is 10.5 Å². The van der Waals surface area contributed by atoms with Crippen LogP contribution in [0.15, 0.2) is 48.5 Å². The lowest BCUT2D eigenvalue weighted by Gasteiger charge is -2.16. The third-order valence-corrected chi connectivity index (χ3v) is 5.27. The van der Waals surface area contributed by atoms with Gasteiger partial charge in [0.25, 0.3) is 0 Å². The second-order valence-electron chi connectivity index (χ2n) is 7.72. The zero-order valence-corrected chi connectivity index (χ0v) is 18.1. The fourth-order valence-corrected chi connectivity index (χ4v) is 3.37. The van der Waals surface area contributed by atoms with Crippen molar-refractivity contribution in [3.8, 4) is 5.75 Å². The van der Waals surface area contributed by atoms with Crippen LogP contribution in [0.1, 0.15) is 17.5 Å². The van der Waals surface area contributed by atoms with Crippen molar-refractivity contribution in [2.75, 3.05) is 19.0 Å². The van der Waals surface area contributed by atoms with Crippen LogP contribution in [0.5, 0.6) is 5.75 Å². The Hall–Kier alpha value is -3.14. The average Bonchev–Trinajstić information content (AvgIpc) is 3.06. The Kier molecular flexibility index (Phi) is 8.04. The van der Waals surface area contributed by atoms with Crippen LogP contribution < -0.4 is 20.7 Å². The number of rotatable bonds is 8. The minimum atomic E-state index is -1.23. The van der Waals surface area contributed by atoms with Crippen molar-refractivity contribution in [3.05, 3.63) is 59.7 Å². The predicted octanol–water partition coefficient (Wildman–Crippen LogP) is 1.32. The van der Waals surface area contributed by atoms with E-state index < -0.39 is 30.4 Å². The van der Waals surface area contributed by atoms with Gasteiger partial charge in [-0.15, -0.1) is 0 Å². The van der Waals surface area contributed by atoms with E-state index in [1.165, 1.54) is 0 Å². The van der Waals surface area contributed by atoms with Gasteiger partial charge in [-0.05, 0) is 36.8 Å². The van der Waals surface area contributed by atoms with Crippen LogP contribution in [0.25, 0.3) is 0 Å². The molecule has 32 heavy (non-hydrogen) atoms. The van der Waals surface area contributed by atoms with Gasteiger partial charge in [0.05, 0.1) is 19.6 Å². The normalized spacial score (nSPS) is 22.2. The summed E-state index contributed by atoms with van der Waals surface area (Å²) in [6.45, 7) is 2.25. The monoisotopic (exact) mass is 443 g/mol. The van der Waals surface area contributed by atoms with Crippen molar-refractivity contribution in [1.29, 1.82) is 0 Å². The van der Waals surface area contributed by atoms with Crippen molar-refractivity contribution in [2.45, 2.75) is 44.3 Å². The number of aliphatic hydroxyl groups is 2. The first kappa shape index (κ1) is 23.5. The Morgan fingerprint density at radius 2 is 1.62 bits per heavy atom. The van der Waals surface area contributed by atoms with Crippen LogP contribution in [0.2, 0.25) is 0 Å². The molecule has 0 saturated carbocycles. The van der Waals surface area contributed by atoms with E-state index in [2.05, 4.69) is 16.0 Å². The summed E-state index contributed by atoms with van der Waals surface area (Å²) in [5.41, 5.74) is 2.60. The number of amides is 3. The maximum absolute atomic E-state index is 12.3. The molecule has 0 aliphatic carbocycles. The standard InChI is InChI=1S/C23H29N3O6/c1-14-3-7-16(8-4-14)26-23(30)25-13-19-22(29)21(28)18(32-19)11-20(27)24-12-15-5-9-17(31-2)10-6-15/h3-10,18-19,21-22,28-29H,11-13H2,1-2H3,(H,24,27)(H2,25,26,30)/t18-,19+,21-,22+/m0/s1. The van der Waals surface area contributed by atoms with E-state index in [-0.39, 0.29) is 18.9 Å². The highest BCUT2D eigenvalue weighted by molar-refractivity contribution is 5.89. The number of benzene rings is 2. The molecule has 0 unspecified atom stereocenters. The Labute approximate surface area is 186 Å². The molecule has 2 aromatic carbocycles. The number of hydrogen-bond acceptors (Lipinski definition) is 6. The molecule has 1 aliphatic rings. The summed E-state index contributed by atoms with van der Waals surface area (Å²) in [6, 6.07) is 14.1.